The van der Waals surface area contributed by atoms with Crippen molar-refractivity contribution < 1.29 is 14.3 Å². The molecule has 0 aliphatic heterocycles. The number of rotatable bonds is 6. The molecule has 0 saturated heterocycles. The maximum atomic E-state index is 12.6. The molecule has 144 valence electrons. The molecule has 0 bridgehead atoms. The molecule has 1 heterocycles. The van der Waals surface area contributed by atoms with E-state index in [9.17, 15) is 14.4 Å². The molecule has 2 aromatic carbocycles. The summed E-state index contributed by atoms with van der Waals surface area (Å²) in [6.45, 7) is 0.0112. The van der Waals surface area contributed by atoms with Gasteiger partial charge < -0.3 is 15.4 Å². The minimum atomic E-state index is -0.428. The fraction of sp³-hybridized carbons (Fsp3) is 0.200. The van der Waals surface area contributed by atoms with E-state index in [1.807, 2.05) is 12.1 Å². The summed E-state index contributed by atoms with van der Waals surface area (Å²) in [7, 11) is 3.06. The lowest BCUT2D eigenvalue weighted by Gasteiger charge is -2.11. The Hall–Kier alpha value is -3.68. The normalized spacial score (nSPS) is 10.5. The van der Waals surface area contributed by atoms with Crippen LogP contribution in [0.15, 0.2) is 53.3 Å². The number of hydrogen-bond donors (Lipinski definition) is 2. The van der Waals surface area contributed by atoms with Crippen molar-refractivity contribution in [2.24, 2.45) is 0 Å². The number of aromatic nitrogens is 2. The van der Waals surface area contributed by atoms with Crippen molar-refractivity contribution in [3.8, 4) is 5.75 Å². The second kappa shape index (κ2) is 8.34. The van der Waals surface area contributed by atoms with E-state index in [2.05, 4.69) is 15.7 Å². The van der Waals surface area contributed by atoms with E-state index in [0.717, 1.165) is 16.0 Å². The van der Waals surface area contributed by atoms with Gasteiger partial charge in [-0.15, -0.1) is 0 Å². The Morgan fingerprint density at radius 1 is 1.07 bits per heavy atom. The smallest absolute Gasteiger partial charge is 0.275 e. The van der Waals surface area contributed by atoms with E-state index in [4.69, 9.17) is 4.74 Å². The molecule has 2 amide bonds. The molecule has 0 atom stereocenters. The summed E-state index contributed by atoms with van der Waals surface area (Å²) in [6, 6.07) is 14.0. The Morgan fingerprint density at radius 2 is 1.75 bits per heavy atom. The number of nitrogens with one attached hydrogen (secondary N) is 2. The van der Waals surface area contributed by atoms with Gasteiger partial charge in [-0.2, -0.15) is 5.10 Å². The highest BCUT2D eigenvalue weighted by molar-refractivity contribution is 6.04. The Morgan fingerprint density at radius 3 is 2.39 bits per heavy atom. The first-order valence-electron chi connectivity index (χ1n) is 8.65. The van der Waals surface area contributed by atoms with Crippen molar-refractivity contribution in [2.75, 3.05) is 14.2 Å². The maximum absolute atomic E-state index is 12.6. The van der Waals surface area contributed by atoms with E-state index < -0.39 is 11.5 Å². The Bertz CT molecular complexity index is 1070. The number of ether oxygens (including phenoxy) is 1. The summed E-state index contributed by atoms with van der Waals surface area (Å²) in [4.78, 5) is 37.1. The SMILES string of the molecule is CNC(=O)c1nn(CC(=O)NCc2ccc(OC)cc2)c(=O)c2ccccc12. The number of amides is 2. The summed E-state index contributed by atoms with van der Waals surface area (Å²) in [5.41, 5.74) is 0.558. The average Bonchev–Trinajstić information content (AvgIpc) is 2.74. The van der Waals surface area contributed by atoms with Crippen molar-refractivity contribution in [3.63, 3.8) is 0 Å². The zero-order valence-corrected chi connectivity index (χ0v) is 15.6. The zero-order chi connectivity index (χ0) is 20.1. The van der Waals surface area contributed by atoms with Crippen LogP contribution in [0.3, 0.4) is 0 Å². The van der Waals surface area contributed by atoms with Crippen LogP contribution in [0.1, 0.15) is 16.1 Å². The lowest BCUT2D eigenvalue weighted by Crippen LogP contribution is -2.35. The first kappa shape index (κ1) is 19.1. The number of carbonyl (C=O) groups is 2. The molecule has 8 heteroatoms. The third-order valence-corrected chi connectivity index (χ3v) is 4.25. The van der Waals surface area contributed by atoms with Gasteiger partial charge in [-0.3, -0.25) is 14.4 Å². The second-order valence-corrected chi connectivity index (χ2v) is 6.06. The van der Waals surface area contributed by atoms with Crippen LogP contribution in [-0.4, -0.2) is 35.8 Å². The lowest BCUT2D eigenvalue weighted by atomic mass is 10.1. The molecule has 0 aliphatic rings. The van der Waals surface area contributed by atoms with Gasteiger partial charge in [-0.05, 0) is 23.8 Å². The van der Waals surface area contributed by atoms with Gasteiger partial charge in [0, 0.05) is 19.0 Å². The molecule has 28 heavy (non-hydrogen) atoms. The Balaban J connectivity index is 1.80. The van der Waals surface area contributed by atoms with Crippen molar-refractivity contribution in [1.82, 2.24) is 20.4 Å². The predicted molar refractivity (Wildman–Crippen MR) is 104 cm³/mol. The van der Waals surface area contributed by atoms with Gasteiger partial charge in [-0.1, -0.05) is 30.3 Å². The summed E-state index contributed by atoms with van der Waals surface area (Å²) in [5, 5.41) is 10.1. The minimum absolute atomic E-state index is 0.0978. The minimum Gasteiger partial charge on any atom is -0.497 e. The van der Waals surface area contributed by atoms with Gasteiger partial charge in [0.1, 0.15) is 12.3 Å². The van der Waals surface area contributed by atoms with Gasteiger partial charge in [-0.25, -0.2) is 4.68 Å². The van der Waals surface area contributed by atoms with E-state index in [-0.39, 0.29) is 18.1 Å². The molecule has 1 aromatic heterocycles. The third kappa shape index (κ3) is 4.01. The van der Waals surface area contributed by atoms with Crippen LogP contribution in [0, 0.1) is 0 Å². The zero-order valence-electron chi connectivity index (χ0n) is 15.6. The number of benzene rings is 2. The highest BCUT2D eigenvalue weighted by atomic mass is 16.5. The third-order valence-electron chi connectivity index (χ3n) is 4.25. The molecule has 0 fully saturated rings. The van der Waals surface area contributed by atoms with Crippen LogP contribution in [0.25, 0.3) is 10.8 Å². The number of hydrogen-bond acceptors (Lipinski definition) is 5. The molecule has 0 radical (unpaired) electrons. The first-order valence-corrected chi connectivity index (χ1v) is 8.65. The summed E-state index contributed by atoms with van der Waals surface area (Å²) in [6.07, 6.45) is 0. The second-order valence-electron chi connectivity index (χ2n) is 6.06. The molecular formula is C20H20N4O4. The molecule has 0 saturated carbocycles. The summed E-state index contributed by atoms with van der Waals surface area (Å²) in [5.74, 6) is -0.0872. The van der Waals surface area contributed by atoms with Gasteiger partial charge in [0.25, 0.3) is 11.5 Å². The molecule has 0 unspecified atom stereocenters. The van der Waals surface area contributed by atoms with Crippen molar-refractivity contribution in [2.45, 2.75) is 13.1 Å². The maximum Gasteiger partial charge on any atom is 0.275 e. The number of fused-ring (bicyclic) bond motifs is 1. The van der Waals surface area contributed by atoms with Crippen LogP contribution < -0.4 is 20.9 Å². The number of methoxy groups -OCH3 is 1. The predicted octanol–water partition coefficient (Wildman–Crippen LogP) is 1.08. The largest absolute Gasteiger partial charge is 0.497 e. The summed E-state index contributed by atoms with van der Waals surface area (Å²) >= 11 is 0. The first-order chi connectivity index (χ1) is 13.5. The number of nitrogens with zero attached hydrogens (tertiary/aromatic N) is 2. The van der Waals surface area contributed by atoms with E-state index in [1.54, 1.807) is 43.5 Å². The fourth-order valence-corrected chi connectivity index (χ4v) is 2.76. The monoisotopic (exact) mass is 380 g/mol. The molecule has 0 spiro atoms. The van der Waals surface area contributed by atoms with Gasteiger partial charge in [0.15, 0.2) is 5.69 Å². The van der Waals surface area contributed by atoms with Crippen LogP contribution in [0.2, 0.25) is 0 Å². The standard InChI is InChI=1S/C20H20N4O4/c1-21-19(26)18-15-5-3-4-6-16(15)20(27)24(23-18)12-17(25)22-11-13-7-9-14(28-2)10-8-13/h3-10H,11-12H2,1-2H3,(H,21,26)(H,22,25). The Kier molecular flexibility index (Phi) is 5.69. The van der Waals surface area contributed by atoms with Crippen LogP contribution in [-0.2, 0) is 17.9 Å². The van der Waals surface area contributed by atoms with Crippen molar-refractivity contribution >= 4 is 22.6 Å². The topological polar surface area (TPSA) is 102 Å². The highest BCUT2D eigenvalue weighted by Gasteiger charge is 2.16. The van der Waals surface area contributed by atoms with Crippen molar-refractivity contribution in [1.29, 1.82) is 0 Å². The van der Waals surface area contributed by atoms with Crippen LogP contribution in [0.4, 0.5) is 0 Å². The lowest BCUT2D eigenvalue weighted by molar-refractivity contribution is -0.122. The number of carbonyl (C=O) groups excluding carboxylic acids is 2. The molecule has 3 aromatic rings. The molecular weight excluding hydrogens is 360 g/mol. The molecule has 3 rings (SSSR count). The van der Waals surface area contributed by atoms with Gasteiger partial charge in [0.2, 0.25) is 5.91 Å². The molecule has 0 aliphatic carbocycles. The molecule has 8 nitrogen and oxygen atoms in total. The van der Waals surface area contributed by atoms with E-state index >= 15 is 0 Å². The fourth-order valence-electron chi connectivity index (χ4n) is 2.76. The quantitative estimate of drug-likeness (QED) is 0.666. The Labute approximate surface area is 161 Å². The van der Waals surface area contributed by atoms with Gasteiger partial charge in [0.05, 0.1) is 12.5 Å². The highest BCUT2D eigenvalue weighted by Crippen LogP contribution is 2.13. The van der Waals surface area contributed by atoms with Crippen LogP contribution in [0.5, 0.6) is 5.75 Å². The van der Waals surface area contributed by atoms with Gasteiger partial charge >= 0.3 is 0 Å². The molecule has 2 N–H and O–H groups in total. The van der Waals surface area contributed by atoms with E-state index in [1.165, 1.54) is 7.05 Å². The van der Waals surface area contributed by atoms with Crippen LogP contribution >= 0.6 is 0 Å². The van der Waals surface area contributed by atoms with E-state index in [0.29, 0.717) is 17.3 Å². The average molecular weight is 380 g/mol. The summed E-state index contributed by atoms with van der Waals surface area (Å²) < 4.78 is 6.11. The van der Waals surface area contributed by atoms with Crippen molar-refractivity contribution in [3.05, 3.63) is 70.1 Å².